The van der Waals surface area contributed by atoms with E-state index in [0.29, 0.717) is 0 Å². The summed E-state index contributed by atoms with van der Waals surface area (Å²) in [5, 5.41) is 2.04. The second kappa shape index (κ2) is 7.41. The highest BCUT2D eigenvalue weighted by Crippen LogP contribution is 2.31. The molecule has 0 aliphatic carbocycles. The molecule has 0 spiro atoms. The highest BCUT2D eigenvalue weighted by Gasteiger charge is 2.18. The van der Waals surface area contributed by atoms with E-state index in [2.05, 4.69) is 47.2 Å². The van der Waals surface area contributed by atoms with Gasteiger partial charge in [0.25, 0.3) is 0 Å². The maximum atomic E-state index is 13.4. The van der Waals surface area contributed by atoms with Crippen molar-refractivity contribution in [1.82, 2.24) is 19.1 Å². The minimum absolute atomic E-state index is 0.0713. The lowest BCUT2D eigenvalue weighted by atomic mass is 10.0. The molecular formula is C28H22N4O. The minimum Gasteiger partial charge on any atom is -0.293 e. The molecular weight excluding hydrogens is 408 g/mol. The van der Waals surface area contributed by atoms with Gasteiger partial charge in [0.1, 0.15) is 0 Å². The average Bonchev–Trinajstić information content (AvgIpc) is 3.13. The van der Waals surface area contributed by atoms with Crippen LogP contribution in [0.1, 0.15) is 12.5 Å². The van der Waals surface area contributed by atoms with Gasteiger partial charge in [-0.2, -0.15) is 0 Å². The largest absolute Gasteiger partial charge is 0.333 e. The number of aromatic nitrogens is 4. The summed E-state index contributed by atoms with van der Waals surface area (Å²) in [4.78, 5) is 22.7. The van der Waals surface area contributed by atoms with Crippen molar-refractivity contribution >= 4 is 32.8 Å². The highest BCUT2D eigenvalue weighted by molar-refractivity contribution is 6.05. The monoisotopic (exact) mass is 430 g/mol. The van der Waals surface area contributed by atoms with E-state index in [-0.39, 0.29) is 5.69 Å². The predicted molar refractivity (Wildman–Crippen MR) is 134 cm³/mol. The van der Waals surface area contributed by atoms with Crippen molar-refractivity contribution in [2.45, 2.75) is 13.3 Å². The number of nitrogens with zero attached hydrogens (tertiary/aromatic N) is 4. The van der Waals surface area contributed by atoms with E-state index in [1.54, 1.807) is 17.8 Å². The fourth-order valence-corrected chi connectivity index (χ4v) is 4.66. The molecule has 0 radical (unpaired) electrons. The van der Waals surface area contributed by atoms with Crippen molar-refractivity contribution < 1.29 is 0 Å². The van der Waals surface area contributed by atoms with E-state index in [0.717, 1.165) is 61.6 Å². The quantitative estimate of drug-likeness (QED) is 0.364. The number of pyridine rings is 2. The van der Waals surface area contributed by atoms with Crippen LogP contribution in [0.3, 0.4) is 0 Å². The molecule has 3 aromatic heterocycles. The van der Waals surface area contributed by atoms with E-state index in [9.17, 15) is 4.79 Å². The lowest BCUT2D eigenvalue weighted by Gasteiger charge is -2.11. The maximum Gasteiger partial charge on any atom is 0.333 e. The molecule has 160 valence electrons. The van der Waals surface area contributed by atoms with E-state index >= 15 is 0 Å². The molecule has 0 amide bonds. The second-order valence-corrected chi connectivity index (χ2v) is 8.30. The molecule has 0 atom stereocenters. The fourth-order valence-electron chi connectivity index (χ4n) is 4.66. The van der Waals surface area contributed by atoms with Gasteiger partial charge in [0, 0.05) is 29.6 Å². The molecule has 6 rings (SSSR count). The van der Waals surface area contributed by atoms with Crippen LogP contribution in [0, 0.1) is 0 Å². The Morgan fingerprint density at radius 3 is 2.48 bits per heavy atom. The van der Waals surface area contributed by atoms with E-state index in [1.807, 2.05) is 53.2 Å². The molecule has 0 aliphatic rings. The molecule has 0 bridgehead atoms. The molecule has 0 saturated heterocycles. The van der Waals surface area contributed by atoms with Crippen LogP contribution in [0.25, 0.3) is 49.7 Å². The zero-order valence-corrected chi connectivity index (χ0v) is 18.5. The number of imidazole rings is 1. The van der Waals surface area contributed by atoms with Crippen LogP contribution in [-0.4, -0.2) is 19.1 Å². The Kier molecular flexibility index (Phi) is 4.37. The third-order valence-corrected chi connectivity index (χ3v) is 6.42. The van der Waals surface area contributed by atoms with Gasteiger partial charge < -0.3 is 0 Å². The summed E-state index contributed by atoms with van der Waals surface area (Å²) in [7, 11) is 1.81. The third kappa shape index (κ3) is 2.97. The van der Waals surface area contributed by atoms with E-state index in [4.69, 9.17) is 0 Å². The Morgan fingerprint density at radius 2 is 1.61 bits per heavy atom. The molecule has 33 heavy (non-hydrogen) atoms. The lowest BCUT2D eigenvalue weighted by molar-refractivity contribution is 0.840. The Morgan fingerprint density at radius 1 is 0.818 bits per heavy atom. The van der Waals surface area contributed by atoms with Gasteiger partial charge in [-0.05, 0) is 47.9 Å². The van der Waals surface area contributed by atoms with Crippen LogP contribution in [0.5, 0.6) is 0 Å². The molecule has 5 nitrogen and oxygen atoms in total. The molecule has 0 unspecified atom stereocenters. The Labute approximate surface area is 190 Å². The third-order valence-electron chi connectivity index (χ3n) is 6.42. The number of fused-ring (bicyclic) bond motifs is 4. The highest BCUT2D eigenvalue weighted by atomic mass is 16.1. The predicted octanol–water partition coefficient (Wildman–Crippen LogP) is 5.66. The first-order chi connectivity index (χ1) is 16.2. The number of rotatable bonds is 3. The number of hydrogen-bond donors (Lipinski definition) is 0. The van der Waals surface area contributed by atoms with Crippen LogP contribution in [0.4, 0.5) is 0 Å². The average molecular weight is 431 g/mol. The van der Waals surface area contributed by atoms with Gasteiger partial charge in [-0.15, -0.1) is 0 Å². The summed E-state index contributed by atoms with van der Waals surface area (Å²) in [5.41, 5.74) is 7.57. The molecule has 6 aromatic rings. The number of benzene rings is 3. The Balaban J connectivity index is 1.68. The zero-order valence-electron chi connectivity index (χ0n) is 18.5. The van der Waals surface area contributed by atoms with Gasteiger partial charge in [0.2, 0.25) is 0 Å². The SMILES string of the molecule is CCc1ccccc1-n1c(=O)n(C)c2cnc3ccc(-c4cnc5ccccc5c4)cc3c21. The summed E-state index contributed by atoms with van der Waals surface area (Å²) in [5.74, 6) is 0. The van der Waals surface area contributed by atoms with Gasteiger partial charge in [-0.1, -0.05) is 49.4 Å². The van der Waals surface area contributed by atoms with Crippen molar-refractivity contribution in [3.8, 4) is 16.8 Å². The normalized spacial score (nSPS) is 11.6. The van der Waals surface area contributed by atoms with Crippen LogP contribution in [-0.2, 0) is 13.5 Å². The molecule has 3 aromatic carbocycles. The second-order valence-electron chi connectivity index (χ2n) is 8.30. The smallest absolute Gasteiger partial charge is 0.293 e. The molecule has 3 heterocycles. The summed E-state index contributed by atoms with van der Waals surface area (Å²) >= 11 is 0. The van der Waals surface area contributed by atoms with Gasteiger partial charge in [-0.3, -0.25) is 19.1 Å². The standard InChI is InChI=1S/C28H22N4O/c1-3-18-8-5-7-11-25(18)32-27-22-15-19(21-14-20-9-4-6-10-23(20)29-16-21)12-13-24(22)30-17-26(27)31(2)28(32)33/h4-17H,3H2,1-2H3. The van der Waals surface area contributed by atoms with Crippen LogP contribution in [0.2, 0.25) is 0 Å². The maximum absolute atomic E-state index is 13.4. The number of para-hydroxylation sites is 2. The van der Waals surface area contributed by atoms with Crippen molar-refractivity contribution in [3.05, 3.63) is 101 Å². The minimum atomic E-state index is -0.0713. The first-order valence-electron chi connectivity index (χ1n) is 11.1. The van der Waals surface area contributed by atoms with Crippen LogP contribution >= 0.6 is 0 Å². The lowest BCUT2D eigenvalue weighted by Crippen LogP contribution is -2.21. The number of hydrogen-bond acceptors (Lipinski definition) is 3. The van der Waals surface area contributed by atoms with Crippen molar-refractivity contribution in [3.63, 3.8) is 0 Å². The first kappa shape index (κ1) is 19.4. The van der Waals surface area contributed by atoms with Crippen LogP contribution in [0.15, 0.2) is 90.0 Å². The number of aryl methyl sites for hydroxylation is 2. The topological polar surface area (TPSA) is 52.7 Å². The van der Waals surface area contributed by atoms with Gasteiger partial charge >= 0.3 is 5.69 Å². The van der Waals surface area contributed by atoms with E-state index < -0.39 is 0 Å². The summed E-state index contributed by atoms with van der Waals surface area (Å²) in [6.45, 7) is 2.11. The zero-order chi connectivity index (χ0) is 22.5. The first-order valence-corrected chi connectivity index (χ1v) is 11.1. The van der Waals surface area contributed by atoms with Crippen molar-refractivity contribution in [2.75, 3.05) is 0 Å². The fraction of sp³-hybridized carbons (Fsp3) is 0.107. The molecule has 0 N–H and O–H groups in total. The summed E-state index contributed by atoms with van der Waals surface area (Å²) in [6.07, 6.45) is 4.54. The Hall–Kier alpha value is -4.25. The summed E-state index contributed by atoms with van der Waals surface area (Å²) < 4.78 is 3.51. The van der Waals surface area contributed by atoms with Crippen molar-refractivity contribution in [2.24, 2.45) is 7.05 Å². The summed E-state index contributed by atoms with van der Waals surface area (Å²) in [6, 6.07) is 24.6. The van der Waals surface area contributed by atoms with Crippen molar-refractivity contribution in [1.29, 1.82) is 0 Å². The molecule has 0 aliphatic heterocycles. The van der Waals surface area contributed by atoms with Gasteiger partial charge in [0.15, 0.2) is 0 Å². The molecule has 0 saturated carbocycles. The van der Waals surface area contributed by atoms with Gasteiger partial charge in [-0.25, -0.2) is 4.79 Å². The molecule has 0 fully saturated rings. The Bertz CT molecular complexity index is 1740. The molecule has 5 heteroatoms. The van der Waals surface area contributed by atoms with Gasteiger partial charge in [0.05, 0.1) is 34.0 Å². The van der Waals surface area contributed by atoms with E-state index in [1.165, 1.54) is 0 Å². The van der Waals surface area contributed by atoms with Crippen LogP contribution < -0.4 is 5.69 Å².